The lowest BCUT2D eigenvalue weighted by Gasteiger charge is -2.29. The minimum Gasteiger partial charge on any atom is -0.392 e. The molecule has 0 amide bonds. The van der Waals surface area contributed by atoms with Crippen LogP contribution in [0.1, 0.15) is 36.3 Å². The third-order valence-electron chi connectivity index (χ3n) is 2.81. The van der Waals surface area contributed by atoms with Crippen LogP contribution in [0.5, 0.6) is 0 Å². The van der Waals surface area contributed by atoms with Crippen LogP contribution in [0.25, 0.3) is 0 Å². The van der Waals surface area contributed by atoms with Crippen molar-refractivity contribution in [1.82, 2.24) is 10.3 Å². The van der Waals surface area contributed by atoms with Gasteiger partial charge in [0.2, 0.25) is 0 Å². The van der Waals surface area contributed by atoms with E-state index in [1.54, 1.807) is 18.3 Å². The van der Waals surface area contributed by atoms with Crippen LogP contribution in [0.15, 0.2) is 0 Å². The van der Waals surface area contributed by atoms with Gasteiger partial charge in [0.1, 0.15) is 5.01 Å². The first-order valence-corrected chi connectivity index (χ1v) is 6.00. The van der Waals surface area contributed by atoms with E-state index in [-0.39, 0.29) is 11.6 Å². The second-order valence-electron chi connectivity index (χ2n) is 4.50. The molecule has 1 atom stereocenters. The van der Waals surface area contributed by atoms with Crippen LogP contribution in [0.2, 0.25) is 0 Å². The molecule has 4 heteroatoms. The molecule has 15 heavy (non-hydrogen) atoms. The number of aryl methyl sites for hydroxylation is 2. The lowest BCUT2D eigenvalue weighted by Crippen LogP contribution is -2.47. The molecule has 0 spiro atoms. The highest BCUT2D eigenvalue weighted by molar-refractivity contribution is 7.11. The average Bonchev–Trinajstić information content (AvgIpc) is 2.43. The molecule has 0 aliphatic carbocycles. The Balaban J connectivity index is 2.57. The van der Waals surface area contributed by atoms with Gasteiger partial charge in [0.15, 0.2) is 0 Å². The number of hydrogen-bond acceptors (Lipinski definition) is 4. The first-order chi connectivity index (χ1) is 6.83. The van der Waals surface area contributed by atoms with E-state index in [1.165, 1.54) is 4.88 Å². The number of nitrogens with zero attached hydrogens (tertiary/aromatic N) is 1. The van der Waals surface area contributed by atoms with Gasteiger partial charge in [-0.3, -0.25) is 0 Å². The zero-order valence-electron chi connectivity index (χ0n) is 10.1. The maximum Gasteiger partial charge on any atom is 0.107 e. The van der Waals surface area contributed by atoms with Crippen LogP contribution in [-0.2, 0) is 6.54 Å². The van der Waals surface area contributed by atoms with Gasteiger partial charge >= 0.3 is 0 Å². The van der Waals surface area contributed by atoms with Crippen molar-refractivity contribution < 1.29 is 5.11 Å². The van der Waals surface area contributed by atoms with Crippen LogP contribution in [-0.4, -0.2) is 21.7 Å². The van der Waals surface area contributed by atoms with Crippen molar-refractivity contribution in [1.29, 1.82) is 0 Å². The van der Waals surface area contributed by atoms with E-state index in [0.29, 0.717) is 0 Å². The van der Waals surface area contributed by atoms with Crippen LogP contribution >= 0.6 is 11.3 Å². The van der Waals surface area contributed by atoms with Crippen molar-refractivity contribution in [3.8, 4) is 0 Å². The van der Waals surface area contributed by atoms with Gasteiger partial charge in [0.25, 0.3) is 0 Å². The molecule has 0 fully saturated rings. The molecular weight excluding hydrogens is 208 g/mol. The van der Waals surface area contributed by atoms with Gasteiger partial charge in [-0.25, -0.2) is 4.98 Å². The predicted octanol–water partition coefficient (Wildman–Crippen LogP) is 2.01. The van der Waals surface area contributed by atoms with Crippen molar-refractivity contribution in [3.63, 3.8) is 0 Å². The standard InChI is InChI=1S/C11H20N2OS/c1-7-8(2)15-10(13-7)6-12-11(4,5)9(3)14/h9,12,14H,6H2,1-5H3. The molecule has 0 aliphatic rings. The molecule has 86 valence electrons. The zero-order valence-corrected chi connectivity index (χ0v) is 10.9. The summed E-state index contributed by atoms with van der Waals surface area (Å²) in [5.74, 6) is 0. The van der Waals surface area contributed by atoms with Gasteiger partial charge in [-0.1, -0.05) is 0 Å². The van der Waals surface area contributed by atoms with Crippen LogP contribution < -0.4 is 5.32 Å². The zero-order chi connectivity index (χ0) is 11.6. The van der Waals surface area contributed by atoms with Crippen LogP contribution in [0.4, 0.5) is 0 Å². The van der Waals surface area contributed by atoms with Crippen molar-refractivity contribution in [2.24, 2.45) is 0 Å². The fourth-order valence-electron chi connectivity index (χ4n) is 1.07. The minimum absolute atomic E-state index is 0.270. The normalized spacial score (nSPS) is 14.3. The lowest BCUT2D eigenvalue weighted by atomic mass is 9.99. The summed E-state index contributed by atoms with van der Waals surface area (Å²) in [6.45, 7) is 10.6. The number of thiazole rings is 1. The second kappa shape index (κ2) is 4.60. The molecule has 3 nitrogen and oxygen atoms in total. The van der Waals surface area contributed by atoms with E-state index in [4.69, 9.17) is 0 Å². The van der Waals surface area contributed by atoms with E-state index in [2.05, 4.69) is 17.2 Å². The summed E-state index contributed by atoms with van der Waals surface area (Å²) < 4.78 is 0. The van der Waals surface area contributed by atoms with Crippen LogP contribution in [0, 0.1) is 13.8 Å². The Morgan fingerprint density at radius 2 is 2.07 bits per heavy atom. The number of aromatic nitrogens is 1. The third kappa shape index (κ3) is 3.26. The summed E-state index contributed by atoms with van der Waals surface area (Å²) in [5, 5.41) is 13.9. The Morgan fingerprint density at radius 3 is 2.47 bits per heavy atom. The predicted molar refractivity (Wildman–Crippen MR) is 64.2 cm³/mol. The summed E-state index contributed by atoms with van der Waals surface area (Å²) in [7, 11) is 0. The molecule has 1 heterocycles. The molecule has 0 radical (unpaired) electrons. The molecule has 0 aliphatic heterocycles. The summed E-state index contributed by atoms with van der Waals surface area (Å²) in [6.07, 6.45) is -0.375. The van der Waals surface area contributed by atoms with Crippen molar-refractivity contribution in [3.05, 3.63) is 15.6 Å². The summed E-state index contributed by atoms with van der Waals surface area (Å²) in [5.41, 5.74) is 0.833. The first kappa shape index (κ1) is 12.6. The molecule has 1 rings (SSSR count). The Kier molecular flexibility index (Phi) is 3.87. The van der Waals surface area contributed by atoms with E-state index >= 15 is 0 Å². The van der Waals surface area contributed by atoms with Crippen molar-refractivity contribution >= 4 is 11.3 Å². The van der Waals surface area contributed by atoms with Gasteiger partial charge in [0.05, 0.1) is 11.8 Å². The van der Waals surface area contributed by atoms with E-state index < -0.39 is 0 Å². The maximum atomic E-state index is 9.54. The summed E-state index contributed by atoms with van der Waals surface area (Å²) >= 11 is 1.71. The summed E-state index contributed by atoms with van der Waals surface area (Å²) in [6, 6.07) is 0. The molecule has 1 aromatic rings. The van der Waals surface area contributed by atoms with Gasteiger partial charge in [0, 0.05) is 17.0 Å². The van der Waals surface area contributed by atoms with Crippen molar-refractivity contribution in [2.75, 3.05) is 0 Å². The van der Waals surface area contributed by atoms with Gasteiger partial charge in [-0.15, -0.1) is 11.3 Å². The quantitative estimate of drug-likeness (QED) is 0.828. The number of hydrogen-bond donors (Lipinski definition) is 2. The number of rotatable bonds is 4. The monoisotopic (exact) mass is 228 g/mol. The molecule has 0 aromatic carbocycles. The lowest BCUT2D eigenvalue weighted by molar-refractivity contribution is 0.0956. The highest BCUT2D eigenvalue weighted by Gasteiger charge is 2.23. The number of aliphatic hydroxyl groups is 1. The molecular formula is C11H20N2OS. The van der Waals surface area contributed by atoms with E-state index in [9.17, 15) is 5.11 Å². The molecule has 0 bridgehead atoms. The molecule has 0 saturated heterocycles. The van der Waals surface area contributed by atoms with E-state index in [1.807, 2.05) is 20.8 Å². The van der Waals surface area contributed by atoms with Gasteiger partial charge in [-0.2, -0.15) is 0 Å². The fourth-order valence-corrected chi connectivity index (χ4v) is 1.94. The van der Waals surface area contributed by atoms with Crippen molar-refractivity contribution in [2.45, 2.75) is 52.8 Å². The highest BCUT2D eigenvalue weighted by Crippen LogP contribution is 2.17. The smallest absolute Gasteiger partial charge is 0.107 e. The number of nitrogens with one attached hydrogen (secondary N) is 1. The number of aliphatic hydroxyl groups excluding tert-OH is 1. The molecule has 1 unspecified atom stereocenters. The Morgan fingerprint density at radius 1 is 1.47 bits per heavy atom. The molecule has 0 saturated carbocycles. The first-order valence-electron chi connectivity index (χ1n) is 5.19. The van der Waals surface area contributed by atoms with Gasteiger partial charge < -0.3 is 10.4 Å². The topological polar surface area (TPSA) is 45.2 Å². The highest BCUT2D eigenvalue weighted by atomic mass is 32.1. The summed E-state index contributed by atoms with van der Waals surface area (Å²) in [4.78, 5) is 5.71. The minimum atomic E-state index is -0.375. The third-order valence-corrected chi connectivity index (χ3v) is 3.89. The fraction of sp³-hybridized carbons (Fsp3) is 0.727. The largest absolute Gasteiger partial charge is 0.392 e. The second-order valence-corrected chi connectivity index (χ2v) is 5.79. The maximum absolute atomic E-state index is 9.54. The average molecular weight is 228 g/mol. The Bertz CT molecular complexity index is 312. The SMILES string of the molecule is Cc1nc(CNC(C)(C)C(C)O)sc1C. The Hall–Kier alpha value is -0.450. The molecule has 2 N–H and O–H groups in total. The van der Waals surface area contributed by atoms with Gasteiger partial charge in [-0.05, 0) is 34.6 Å². The van der Waals surface area contributed by atoms with E-state index in [0.717, 1.165) is 17.2 Å². The Labute approximate surface area is 95.6 Å². The van der Waals surface area contributed by atoms with Crippen LogP contribution in [0.3, 0.4) is 0 Å². The molecule has 1 aromatic heterocycles.